The maximum absolute atomic E-state index is 11.4. The highest BCUT2D eigenvalue weighted by Crippen LogP contribution is 2.26. The predicted octanol–water partition coefficient (Wildman–Crippen LogP) is 2.77. The molecule has 0 unspecified atom stereocenters. The molecule has 0 aliphatic rings. The number of carbonyl (C=O) groups excluding carboxylic acids is 1. The largest absolute Gasteiger partial charge is 0.493 e. The van der Waals surface area contributed by atoms with Crippen LogP contribution < -0.4 is 10.2 Å². The van der Waals surface area contributed by atoms with Crippen LogP contribution in [0.3, 0.4) is 0 Å². The van der Waals surface area contributed by atoms with Crippen molar-refractivity contribution in [3.63, 3.8) is 0 Å². The lowest BCUT2D eigenvalue weighted by atomic mass is 10.2. The Morgan fingerprint density at radius 1 is 1.35 bits per heavy atom. The molecule has 0 radical (unpaired) electrons. The Balaban J connectivity index is 2.70. The maximum Gasteiger partial charge on any atom is 0.354 e. The zero-order chi connectivity index (χ0) is 15.0. The third-order valence-corrected chi connectivity index (χ3v) is 2.80. The Labute approximate surface area is 123 Å². The van der Waals surface area contributed by atoms with Crippen molar-refractivity contribution in [3.05, 3.63) is 28.8 Å². The zero-order valence-corrected chi connectivity index (χ0v) is 12.7. The van der Waals surface area contributed by atoms with Gasteiger partial charge in [0.2, 0.25) is 0 Å². The van der Waals surface area contributed by atoms with Gasteiger partial charge in [-0.2, -0.15) is 5.10 Å². The number of hydrazone groups is 1. The number of hydrogen-bond donors (Lipinski definition) is 1. The van der Waals surface area contributed by atoms with Crippen LogP contribution in [-0.4, -0.2) is 24.9 Å². The number of esters is 1. The summed E-state index contributed by atoms with van der Waals surface area (Å²) in [5, 5.41) is 4.55. The first-order valence-corrected chi connectivity index (χ1v) is 6.82. The van der Waals surface area contributed by atoms with Gasteiger partial charge in [0, 0.05) is 10.6 Å². The Morgan fingerprint density at radius 2 is 2.10 bits per heavy atom. The number of hydrogen-bond acceptors (Lipinski definition) is 5. The molecule has 0 amide bonds. The monoisotopic (exact) mass is 298 g/mol. The zero-order valence-electron chi connectivity index (χ0n) is 11.9. The van der Waals surface area contributed by atoms with Gasteiger partial charge < -0.3 is 14.9 Å². The first-order valence-electron chi connectivity index (χ1n) is 6.44. The molecule has 1 aromatic rings. The van der Waals surface area contributed by atoms with Crippen molar-refractivity contribution in [3.8, 4) is 5.75 Å². The van der Waals surface area contributed by atoms with Gasteiger partial charge in [-0.15, -0.1) is 0 Å². The minimum atomic E-state index is -0.441. The Morgan fingerprint density at radius 3 is 2.75 bits per heavy atom. The smallest absolute Gasteiger partial charge is 0.354 e. The van der Waals surface area contributed by atoms with Gasteiger partial charge in [-0.1, -0.05) is 17.7 Å². The summed E-state index contributed by atoms with van der Waals surface area (Å²) in [5.41, 5.74) is 3.87. The van der Waals surface area contributed by atoms with Gasteiger partial charge in [0.15, 0.2) is 0 Å². The van der Waals surface area contributed by atoms with Crippen LogP contribution in [0.4, 0.5) is 0 Å². The van der Waals surface area contributed by atoms with Gasteiger partial charge in [0.25, 0.3) is 0 Å². The van der Waals surface area contributed by atoms with Gasteiger partial charge >= 0.3 is 5.97 Å². The van der Waals surface area contributed by atoms with Gasteiger partial charge in [-0.05, 0) is 32.9 Å². The molecule has 6 heteroatoms. The summed E-state index contributed by atoms with van der Waals surface area (Å²) in [6.07, 6.45) is 0. The summed E-state index contributed by atoms with van der Waals surface area (Å²) in [5.74, 6) is 0.265. The fourth-order valence-corrected chi connectivity index (χ4v) is 1.75. The molecule has 0 spiro atoms. The fraction of sp³-hybridized carbons (Fsp3) is 0.429. The molecular weight excluding hydrogens is 280 g/mol. The highest BCUT2D eigenvalue weighted by atomic mass is 35.5. The molecule has 0 saturated heterocycles. The highest BCUT2D eigenvalue weighted by molar-refractivity contribution is 6.35. The number of halogens is 1. The van der Waals surface area contributed by atoms with Gasteiger partial charge in [-0.3, -0.25) is 0 Å². The van der Waals surface area contributed by atoms with E-state index >= 15 is 0 Å². The van der Waals surface area contributed by atoms with Crippen molar-refractivity contribution in [2.75, 3.05) is 13.2 Å². The van der Waals surface area contributed by atoms with Crippen molar-refractivity contribution < 1.29 is 14.3 Å². The van der Waals surface area contributed by atoms with Crippen LogP contribution in [0.1, 0.15) is 26.3 Å². The molecule has 0 heterocycles. The highest BCUT2D eigenvalue weighted by Gasteiger charge is 2.09. The van der Waals surface area contributed by atoms with Crippen molar-refractivity contribution in [1.82, 2.24) is 5.43 Å². The van der Waals surface area contributed by atoms with Crippen LogP contribution in [-0.2, 0) is 16.1 Å². The van der Waals surface area contributed by atoms with Crippen LogP contribution in [0.25, 0.3) is 0 Å². The molecule has 0 bridgehead atoms. The minimum Gasteiger partial charge on any atom is -0.493 e. The van der Waals surface area contributed by atoms with Crippen LogP contribution >= 0.6 is 11.6 Å². The average Bonchev–Trinajstić information content (AvgIpc) is 2.42. The van der Waals surface area contributed by atoms with E-state index in [-0.39, 0.29) is 5.71 Å². The summed E-state index contributed by atoms with van der Waals surface area (Å²) < 4.78 is 10.3. The first kappa shape index (κ1) is 16.3. The lowest BCUT2D eigenvalue weighted by Gasteiger charge is -2.11. The molecule has 1 aromatic carbocycles. The maximum atomic E-state index is 11.4. The normalized spacial score (nSPS) is 11.1. The van der Waals surface area contributed by atoms with Gasteiger partial charge in [-0.25, -0.2) is 4.79 Å². The summed E-state index contributed by atoms with van der Waals surface area (Å²) in [7, 11) is 0. The van der Waals surface area contributed by atoms with Crippen molar-refractivity contribution in [2.45, 2.75) is 27.3 Å². The summed E-state index contributed by atoms with van der Waals surface area (Å²) in [4.78, 5) is 11.4. The molecule has 0 aliphatic heterocycles. The lowest BCUT2D eigenvalue weighted by molar-refractivity contribution is -0.135. The molecular formula is C14H19ClN2O3. The van der Waals surface area contributed by atoms with Gasteiger partial charge in [0.1, 0.15) is 11.5 Å². The SMILES string of the molecule is CCOC(=O)/C(C)=N/NCc1c(Cl)cccc1OCC. The van der Waals surface area contributed by atoms with E-state index in [2.05, 4.69) is 10.5 Å². The molecule has 1 N–H and O–H groups in total. The summed E-state index contributed by atoms with van der Waals surface area (Å²) in [6, 6.07) is 5.45. The number of benzene rings is 1. The van der Waals surface area contributed by atoms with E-state index in [1.807, 2.05) is 19.1 Å². The summed E-state index contributed by atoms with van der Waals surface area (Å²) >= 11 is 6.13. The van der Waals surface area contributed by atoms with E-state index in [0.717, 1.165) is 5.56 Å². The van der Waals surface area contributed by atoms with Crippen LogP contribution in [0.15, 0.2) is 23.3 Å². The number of carbonyl (C=O) groups is 1. The second kappa shape index (κ2) is 8.43. The number of nitrogens with zero attached hydrogens (tertiary/aromatic N) is 1. The van der Waals surface area contributed by atoms with Crippen LogP contribution in [0.2, 0.25) is 5.02 Å². The van der Waals surface area contributed by atoms with Crippen LogP contribution in [0, 0.1) is 0 Å². The van der Waals surface area contributed by atoms with Crippen molar-refractivity contribution in [2.24, 2.45) is 5.10 Å². The third kappa shape index (κ3) is 4.74. The Hall–Kier alpha value is -1.75. The van der Waals surface area contributed by atoms with E-state index < -0.39 is 5.97 Å². The Bertz CT molecular complexity index is 489. The molecule has 1 rings (SSSR count). The molecule has 0 fully saturated rings. The standard InChI is InChI=1S/C14H19ClN2O3/c1-4-19-13-8-6-7-12(15)11(13)9-16-17-10(3)14(18)20-5-2/h6-8,16H,4-5,9H2,1-3H3/b17-10+. The first-order chi connectivity index (χ1) is 9.60. The molecule has 5 nitrogen and oxygen atoms in total. The van der Waals surface area contributed by atoms with Crippen molar-refractivity contribution >= 4 is 23.3 Å². The number of nitrogens with one attached hydrogen (secondary N) is 1. The topological polar surface area (TPSA) is 59.9 Å². The second-order valence-electron chi connectivity index (χ2n) is 3.90. The quantitative estimate of drug-likeness (QED) is 0.478. The minimum absolute atomic E-state index is 0.261. The molecule has 0 aromatic heterocycles. The fourth-order valence-electron chi connectivity index (χ4n) is 1.52. The Kier molecular flexibility index (Phi) is 6.87. The van der Waals surface area contributed by atoms with E-state index in [1.165, 1.54) is 0 Å². The van der Waals surface area contributed by atoms with Crippen LogP contribution in [0.5, 0.6) is 5.75 Å². The predicted molar refractivity (Wildman–Crippen MR) is 79.2 cm³/mol. The van der Waals surface area contributed by atoms with E-state index in [0.29, 0.717) is 30.5 Å². The molecule has 0 aliphatic carbocycles. The second-order valence-corrected chi connectivity index (χ2v) is 4.31. The average molecular weight is 299 g/mol. The molecule has 0 saturated carbocycles. The summed E-state index contributed by atoms with van der Waals surface area (Å²) in [6.45, 7) is 6.48. The van der Waals surface area contributed by atoms with E-state index in [9.17, 15) is 4.79 Å². The molecule has 0 atom stereocenters. The third-order valence-electron chi connectivity index (χ3n) is 2.45. The van der Waals surface area contributed by atoms with E-state index in [1.54, 1.807) is 19.9 Å². The van der Waals surface area contributed by atoms with Crippen molar-refractivity contribution in [1.29, 1.82) is 0 Å². The number of rotatable bonds is 7. The molecule has 20 heavy (non-hydrogen) atoms. The van der Waals surface area contributed by atoms with Gasteiger partial charge in [0.05, 0.1) is 19.8 Å². The van der Waals surface area contributed by atoms with E-state index in [4.69, 9.17) is 21.1 Å². The molecule has 110 valence electrons. The number of ether oxygens (including phenoxy) is 2. The lowest BCUT2D eigenvalue weighted by Crippen LogP contribution is -2.18.